The molecule has 0 fully saturated rings. The van der Waals surface area contributed by atoms with Crippen molar-refractivity contribution in [1.82, 2.24) is 14.5 Å². The van der Waals surface area contributed by atoms with E-state index in [1.165, 1.54) is 11.5 Å². The van der Waals surface area contributed by atoms with Gasteiger partial charge in [-0.25, -0.2) is 0 Å². The lowest BCUT2D eigenvalue weighted by Gasteiger charge is -2.32. The monoisotopic (exact) mass is 484 g/mol. The van der Waals surface area contributed by atoms with Crippen molar-refractivity contribution in [2.75, 3.05) is 11.9 Å². The first-order valence-electron chi connectivity index (χ1n) is 11.9. The van der Waals surface area contributed by atoms with E-state index in [0.29, 0.717) is 37.4 Å². The van der Waals surface area contributed by atoms with Crippen LogP contribution in [0.1, 0.15) is 39.0 Å². The molecule has 1 aliphatic rings. The standard InChI is InChI=1S/C28H28N4O2S/c1-2-24-27(35-31-30-24)28(33)32-18-22-13-6-8-14-25(22)29-17-21-12-7-9-15-26(21)34-19-23(32)16-20-10-4-3-5-11-20/h3-15,23,29H,2,16-19H2,1H3/t23-/m0/s1. The van der Waals surface area contributed by atoms with Crippen molar-refractivity contribution in [1.29, 1.82) is 0 Å². The lowest BCUT2D eigenvalue weighted by molar-refractivity contribution is 0.0595. The van der Waals surface area contributed by atoms with Crippen LogP contribution in [-0.2, 0) is 25.9 Å². The number of nitrogens with zero attached hydrogens (tertiary/aromatic N) is 3. The molecular formula is C28H28N4O2S. The third kappa shape index (κ3) is 5.20. The summed E-state index contributed by atoms with van der Waals surface area (Å²) in [5, 5.41) is 7.76. The second kappa shape index (κ2) is 10.7. The van der Waals surface area contributed by atoms with Gasteiger partial charge in [0.05, 0.1) is 11.7 Å². The summed E-state index contributed by atoms with van der Waals surface area (Å²) < 4.78 is 10.5. The summed E-state index contributed by atoms with van der Waals surface area (Å²) in [6.45, 7) is 3.48. The number of carbonyl (C=O) groups is 1. The molecule has 1 amide bonds. The van der Waals surface area contributed by atoms with Crippen LogP contribution < -0.4 is 10.1 Å². The lowest BCUT2D eigenvalue weighted by atomic mass is 10.0. The molecule has 1 N–H and O–H groups in total. The van der Waals surface area contributed by atoms with Gasteiger partial charge in [0, 0.05) is 24.3 Å². The van der Waals surface area contributed by atoms with Crippen LogP contribution in [0.2, 0.25) is 0 Å². The van der Waals surface area contributed by atoms with Crippen LogP contribution in [0.5, 0.6) is 5.75 Å². The van der Waals surface area contributed by atoms with Gasteiger partial charge in [0.15, 0.2) is 0 Å². The lowest BCUT2D eigenvalue weighted by Crippen LogP contribution is -2.44. The molecule has 7 heteroatoms. The minimum atomic E-state index is -0.184. The fraction of sp³-hybridized carbons (Fsp3) is 0.250. The molecule has 6 nitrogen and oxygen atoms in total. The molecule has 2 heterocycles. The summed E-state index contributed by atoms with van der Waals surface area (Å²) in [4.78, 5) is 16.6. The first kappa shape index (κ1) is 23.1. The van der Waals surface area contributed by atoms with E-state index in [-0.39, 0.29) is 11.9 Å². The van der Waals surface area contributed by atoms with E-state index in [1.807, 2.05) is 60.4 Å². The highest BCUT2D eigenvalue weighted by Crippen LogP contribution is 2.28. The molecule has 35 heavy (non-hydrogen) atoms. The van der Waals surface area contributed by atoms with Crippen LogP contribution in [0.15, 0.2) is 78.9 Å². The molecule has 178 valence electrons. The SMILES string of the molecule is CCc1nnsc1C(=O)N1Cc2ccccc2NCc2ccccc2OC[C@@H]1Cc1ccccc1. The molecule has 0 bridgehead atoms. The second-order valence-electron chi connectivity index (χ2n) is 8.61. The number of fused-ring (bicyclic) bond motifs is 2. The second-order valence-corrected chi connectivity index (χ2v) is 9.36. The van der Waals surface area contributed by atoms with Crippen LogP contribution in [0, 0.1) is 0 Å². The molecule has 0 radical (unpaired) electrons. The maximum Gasteiger partial charge on any atom is 0.268 e. The van der Waals surface area contributed by atoms with Crippen LogP contribution in [0.3, 0.4) is 0 Å². The van der Waals surface area contributed by atoms with Gasteiger partial charge in [-0.05, 0) is 47.6 Å². The topological polar surface area (TPSA) is 67.4 Å². The molecule has 4 aromatic rings. The third-order valence-electron chi connectivity index (χ3n) is 6.33. The van der Waals surface area contributed by atoms with Crippen molar-refractivity contribution in [3.8, 4) is 5.75 Å². The number of aromatic nitrogens is 2. The van der Waals surface area contributed by atoms with Gasteiger partial charge in [-0.3, -0.25) is 4.79 Å². The first-order chi connectivity index (χ1) is 17.2. The van der Waals surface area contributed by atoms with Crippen molar-refractivity contribution in [3.05, 3.63) is 106 Å². The summed E-state index contributed by atoms with van der Waals surface area (Å²) in [6, 6.07) is 26.4. The number of amides is 1. The van der Waals surface area contributed by atoms with Gasteiger partial charge in [0.1, 0.15) is 17.2 Å². The fourth-order valence-electron chi connectivity index (χ4n) is 4.43. The van der Waals surface area contributed by atoms with E-state index in [4.69, 9.17) is 4.74 Å². The van der Waals surface area contributed by atoms with Crippen LogP contribution in [-0.4, -0.2) is 33.0 Å². The Morgan fingerprint density at radius 1 is 1.03 bits per heavy atom. The summed E-state index contributed by atoms with van der Waals surface area (Å²) in [5.74, 6) is 0.780. The van der Waals surface area contributed by atoms with E-state index in [2.05, 4.69) is 45.2 Å². The molecule has 3 aromatic carbocycles. The van der Waals surface area contributed by atoms with Crippen molar-refractivity contribution >= 4 is 23.1 Å². The van der Waals surface area contributed by atoms with E-state index >= 15 is 0 Å². The van der Waals surface area contributed by atoms with Gasteiger partial charge in [-0.1, -0.05) is 78.1 Å². The predicted molar refractivity (Wildman–Crippen MR) is 139 cm³/mol. The fourth-order valence-corrected chi connectivity index (χ4v) is 5.13. The van der Waals surface area contributed by atoms with Gasteiger partial charge in [-0.2, -0.15) is 0 Å². The van der Waals surface area contributed by atoms with Gasteiger partial charge in [0.2, 0.25) is 0 Å². The van der Waals surface area contributed by atoms with Gasteiger partial charge in [-0.15, -0.1) is 5.10 Å². The Balaban J connectivity index is 1.59. The van der Waals surface area contributed by atoms with E-state index in [0.717, 1.165) is 33.8 Å². The van der Waals surface area contributed by atoms with Crippen molar-refractivity contribution in [2.45, 2.75) is 38.9 Å². The number of hydrogen-bond donors (Lipinski definition) is 1. The Hall–Kier alpha value is -3.71. The number of aryl methyl sites for hydroxylation is 1. The van der Waals surface area contributed by atoms with Gasteiger partial charge < -0.3 is 15.0 Å². The van der Waals surface area contributed by atoms with E-state index in [1.54, 1.807) is 0 Å². The van der Waals surface area contributed by atoms with Crippen molar-refractivity contribution < 1.29 is 9.53 Å². The molecule has 0 saturated carbocycles. The van der Waals surface area contributed by atoms with Crippen molar-refractivity contribution in [3.63, 3.8) is 0 Å². The summed E-state index contributed by atoms with van der Waals surface area (Å²) in [5.41, 5.74) is 5.06. The first-order valence-corrected chi connectivity index (χ1v) is 12.7. The number of para-hydroxylation sites is 2. The summed E-state index contributed by atoms with van der Waals surface area (Å²) >= 11 is 1.17. The number of benzene rings is 3. The molecule has 1 aromatic heterocycles. The smallest absolute Gasteiger partial charge is 0.268 e. The molecule has 1 aliphatic heterocycles. The number of hydrogen-bond acceptors (Lipinski definition) is 6. The Kier molecular flexibility index (Phi) is 7.04. The Bertz CT molecular complexity index is 1290. The highest BCUT2D eigenvalue weighted by molar-refractivity contribution is 7.08. The normalized spacial score (nSPS) is 15.7. The van der Waals surface area contributed by atoms with E-state index < -0.39 is 0 Å². The Morgan fingerprint density at radius 3 is 2.60 bits per heavy atom. The Morgan fingerprint density at radius 2 is 1.77 bits per heavy atom. The zero-order chi connectivity index (χ0) is 24.0. The number of anilines is 1. The maximum absolute atomic E-state index is 14.0. The molecule has 0 spiro atoms. The summed E-state index contributed by atoms with van der Waals surface area (Å²) in [6.07, 6.45) is 1.34. The largest absolute Gasteiger partial charge is 0.491 e. The van der Waals surface area contributed by atoms with Crippen LogP contribution in [0.25, 0.3) is 0 Å². The molecular weight excluding hydrogens is 456 g/mol. The summed E-state index contributed by atoms with van der Waals surface area (Å²) in [7, 11) is 0. The van der Waals surface area contributed by atoms with Crippen molar-refractivity contribution in [2.24, 2.45) is 0 Å². The van der Waals surface area contributed by atoms with Gasteiger partial charge in [0.25, 0.3) is 5.91 Å². The number of carbonyl (C=O) groups excluding carboxylic acids is 1. The average Bonchev–Trinajstić information content (AvgIpc) is 3.38. The minimum absolute atomic E-state index is 0.0521. The maximum atomic E-state index is 14.0. The quantitative estimate of drug-likeness (QED) is 0.422. The molecule has 0 saturated heterocycles. The predicted octanol–water partition coefficient (Wildman–Crippen LogP) is 5.36. The minimum Gasteiger partial charge on any atom is -0.491 e. The highest BCUT2D eigenvalue weighted by Gasteiger charge is 2.30. The molecule has 5 rings (SSSR count). The number of ether oxygens (including phenoxy) is 1. The van der Waals surface area contributed by atoms with Crippen LogP contribution >= 0.6 is 11.5 Å². The molecule has 0 aliphatic carbocycles. The molecule has 0 unspecified atom stereocenters. The zero-order valence-electron chi connectivity index (χ0n) is 19.7. The average molecular weight is 485 g/mol. The Labute approximate surface area is 209 Å². The highest BCUT2D eigenvalue weighted by atomic mass is 32.1. The third-order valence-corrected chi connectivity index (χ3v) is 7.09. The number of rotatable bonds is 4. The van der Waals surface area contributed by atoms with Crippen LogP contribution in [0.4, 0.5) is 5.69 Å². The van der Waals surface area contributed by atoms with Gasteiger partial charge >= 0.3 is 0 Å². The van der Waals surface area contributed by atoms with E-state index in [9.17, 15) is 4.79 Å². The number of nitrogens with one attached hydrogen (secondary N) is 1. The zero-order valence-corrected chi connectivity index (χ0v) is 20.5. The molecule has 1 atom stereocenters.